The number of hydrogen-bond acceptors (Lipinski definition) is 4. The van der Waals surface area contributed by atoms with Crippen molar-refractivity contribution in [3.63, 3.8) is 0 Å². The number of fused-ring (bicyclic) bond motifs is 1. The Morgan fingerprint density at radius 3 is 2.90 bits per heavy atom. The fourth-order valence-electron chi connectivity index (χ4n) is 2.80. The summed E-state index contributed by atoms with van der Waals surface area (Å²) in [6.45, 7) is 1.95. The lowest BCUT2D eigenvalue weighted by molar-refractivity contribution is 0.359. The summed E-state index contributed by atoms with van der Waals surface area (Å²) in [5, 5.41) is 9.84. The highest BCUT2D eigenvalue weighted by Gasteiger charge is 2.23. The van der Waals surface area contributed by atoms with E-state index in [9.17, 15) is 0 Å². The molecule has 0 radical (unpaired) electrons. The second kappa shape index (κ2) is 4.72. The van der Waals surface area contributed by atoms with Gasteiger partial charge in [-0.25, -0.2) is 0 Å². The highest BCUT2D eigenvalue weighted by Crippen LogP contribution is 2.28. The second-order valence-electron chi connectivity index (χ2n) is 5.17. The molecule has 4 nitrogen and oxygen atoms in total. The Kier molecular flexibility index (Phi) is 2.74. The van der Waals surface area contributed by atoms with Crippen LogP contribution in [0.2, 0.25) is 0 Å². The largest absolute Gasteiger partial charge is 0.339 e. The lowest BCUT2D eigenvalue weighted by atomic mass is 10.0. The molecule has 3 aromatic rings. The summed E-state index contributed by atoms with van der Waals surface area (Å²) in [5.41, 5.74) is 1.03. The van der Waals surface area contributed by atoms with Crippen LogP contribution in [0.4, 0.5) is 0 Å². The van der Waals surface area contributed by atoms with Crippen LogP contribution in [-0.2, 0) is 0 Å². The Labute approximate surface area is 116 Å². The number of hydrogen-bond donors (Lipinski definition) is 1. The standard InChI is InChI=1S/C16H15N3O/c1-2-6-13-11(4-1)5-3-7-14(13)15-18-16(20-19-15)12-8-9-17-10-12/h1-7,12,17H,8-10H2/t12-/m0/s1. The Hall–Kier alpha value is -2.20. The summed E-state index contributed by atoms with van der Waals surface area (Å²) in [6.07, 6.45) is 1.07. The molecular formula is C16H15N3O. The van der Waals surface area contributed by atoms with Crippen LogP contribution >= 0.6 is 0 Å². The van der Waals surface area contributed by atoms with Crippen LogP contribution in [0, 0.1) is 0 Å². The minimum Gasteiger partial charge on any atom is -0.339 e. The third-order valence-electron chi connectivity index (χ3n) is 3.88. The minimum absolute atomic E-state index is 0.353. The second-order valence-corrected chi connectivity index (χ2v) is 5.17. The first kappa shape index (κ1) is 11.6. The molecule has 100 valence electrons. The molecule has 1 N–H and O–H groups in total. The van der Waals surface area contributed by atoms with Gasteiger partial charge in [0.05, 0.1) is 5.92 Å². The molecule has 4 heteroatoms. The van der Waals surface area contributed by atoms with Crippen molar-refractivity contribution in [1.82, 2.24) is 15.5 Å². The van der Waals surface area contributed by atoms with Crippen LogP contribution in [0.1, 0.15) is 18.2 Å². The number of nitrogens with one attached hydrogen (secondary N) is 1. The summed E-state index contributed by atoms with van der Waals surface area (Å²) >= 11 is 0. The molecule has 1 aliphatic rings. The van der Waals surface area contributed by atoms with E-state index >= 15 is 0 Å². The zero-order valence-corrected chi connectivity index (χ0v) is 11.0. The molecule has 4 rings (SSSR count). The molecule has 0 saturated carbocycles. The van der Waals surface area contributed by atoms with Gasteiger partial charge >= 0.3 is 0 Å². The third kappa shape index (κ3) is 1.89. The Morgan fingerprint density at radius 2 is 2.00 bits per heavy atom. The summed E-state index contributed by atoms with van der Waals surface area (Å²) in [4.78, 5) is 4.59. The van der Waals surface area contributed by atoms with E-state index in [1.807, 2.05) is 24.3 Å². The SMILES string of the molecule is c1ccc2c(-c3noc([C@H]4CCNC4)n3)cccc2c1. The van der Waals surface area contributed by atoms with Gasteiger partial charge in [0.25, 0.3) is 0 Å². The van der Waals surface area contributed by atoms with Crippen molar-refractivity contribution in [3.8, 4) is 11.4 Å². The minimum atomic E-state index is 0.353. The normalized spacial score (nSPS) is 18.7. The zero-order chi connectivity index (χ0) is 13.4. The van der Waals surface area contributed by atoms with Crippen LogP contribution in [-0.4, -0.2) is 23.2 Å². The predicted octanol–water partition coefficient (Wildman–Crippen LogP) is 2.97. The molecule has 1 fully saturated rings. The van der Waals surface area contributed by atoms with Crippen molar-refractivity contribution < 1.29 is 4.52 Å². The van der Waals surface area contributed by atoms with Gasteiger partial charge < -0.3 is 9.84 Å². The van der Waals surface area contributed by atoms with Gasteiger partial charge in [-0.3, -0.25) is 0 Å². The van der Waals surface area contributed by atoms with Crippen LogP contribution < -0.4 is 5.32 Å². The molecule has 0 unspecified atom stereocenters. The molecule has 0 spiro atoms. The molecule has 1 aliphatic heterocycles. The van der Waals surface area contributed by atoms with Crippen molar-refractivity contribution in [2.45, 2.75) is 12.3 Å². The third-order valence-corrected chi connectivity index (χ3v) is 3.88. The van der Waals surface area contributed by atoms with Gasteiger partial charge in [0.1, 0.15) is 0 Å². The average Bonchev–Trinajstić information content (AvgIpc) is 3.17. The zero-order valence-electron chi connectivity index (χ0n) is 11.0. The van der Waals surface area contributed by atoms with E-state index in [0.717, 1.165) is 36.4 Å². The van der Waals surface area contributed by atoms with Crippen molar-refractivity contribution in [2.75, 3.05) is 13.1 Å². The molecule has 1 saturated heterocycles. The molecule has 1 atom stereocenters. The van der Waals surface area contributed by atoms with Crippen molar-refractivity contribution in [2.24, 2.45) is 0 Å². The highest BCUT2D eigenvalue weighted by atomic mass is 16.5. The van der Waals surface area contributed by atoms with Gasteiger partial charge in [0, 0.05) is 12.1 Å². The molecule has 2 heterocycles. The Morgan fingerprint density at radius 1 is 1.10 bits per heavy atom. The smallest absolute Gasteiger partial charge is 0.231 e. The first-order valence-corrected chi connectivity index (χ1v) is 6.94. The monoisotopic (exact) mass is 265 g/mol. The lowest BCUT2D eigenvalue weighted by Crippen LogP contribution is -2.08. The van der Waals surface area contributed by atoms with E-state index in [0.29, 0.717) is 11.7 Å². The van der Waals surface area contributed by atoms with E-state index in [-0.39, 0.29) is 0 Å². The Balaban J connectivity index is 1.79. The van der Waals surface area contributed by atoms with Crippen LogP contribution in [0.5, 0.6) is 0 Å². The number of nitrogens with zero attached hydrogens (tertiary/aromatic N) is 2. The van der Waals surface area contributed by atoms with E-state index in [1.165, 1.54) is 5.39 Å². The fourth-order valence-corrected chi connectivity index (χ4v) is 2.80. The van der Waals surface area contributed by atoms with Crippen molar-refractivity contribution >= 4 is 10.8 Å². The van der Waals surface area contributed by atoms with Gasteiger partial charge in [-0.2, -0.15) is 4.98 Å². The van der Waals surface area contributed by atoms with Gasteiger partial charge in [0.2, 0.25) is 11.7 Å². The summed E-state index contributed by atoms with van der Waals surface area (Å²) in [5.74, 6) is 1.79. The van der Waals surface area contributed by atoms with E-state index in [2.05, 4.69) is 33.7 Å². The first-order valence-electron chi connectivity index (χ1n) is 6.94. The van der Waals surface area contributed by atoms with Gasteiger partial charge in [-0.15, -0.1) is 0 Å². The first-order chi connectivity index (χ1) is 9.92. The van der Waals surface area contributed by atoms with Crippen molar-refractivity contribution in [1.29, 1.82) is 0 Å². The molecule has 0 amide bonds. The van der Waals surface area contributed by atoms with Crippen LogP contribution in [0.3, 0.4) is 0 Å². The number of aromatic nitrogens is 2. The Bertz CT molecular complexity index is 739. The predicted molar refractivity (Wildman–Crippen MR) is 77.5 cm³/mol. The lowest BCUT2D eigenvalue weighted by Gasteiger charge is -2.02. The molecule has 1 aromatic heterocycles. The van der Waals surface area contributed by atoms with E-state index in [1.54, 1.807) is 0 Å². The van der Waals surface area contributed by atoms with Gasteiger partial charge in [-0.05, 0) is 23.7 Å². The quantitative estimate of drug-likeness (QED) is 0.774. The molecule has 2 aromatic carbocycles. The fraction of sp³-hybridized carbons (Fsp3) is 0.250. The maximum Gasteiger partial charge on any atom is 0.231 e. The van der Waals surface area contributed by atoms with Gasteiger partial charge in [0.15, 0.2) is 0 Å². The van der Waals surface area contributed by atoms with Crippen molar-refractivity contribution in [3.05, 3.63) is 48.4 Å². The summed E-state index contributed by atoms with van der Waals surface area (Å²) < 4.78 is 5.45. The topological polar surface area (TPSA) is 51.0 Å². The van der Waals surface area contributed by atoms with E-state index in [4.69, 9.17) is 4.52 Å². The maximum atomic E-state index is 5.45. The highest BCUT2D eigenvalue weighted by molar-refractivity contribution is 5.94. The summed E-state index contributed by atoms with van der Waals surface area (Å²) in [6, 6.07) is 14.4. The number of rotatable bonds is 2. The molecule has 20 heavy (non-hydrogen) atoms. The van der Waals surface area contributed by atoms with Crippen LogP contribution in [0.25, 0.3) is 22.2 Å². The number of benzene rings is 2. The van der Waals surface area contributed by atoms with Gasteiger partial charge in [-0.1, -0.05) is 47.6 Å². The molecular weight excluding hydrogens is 250 g/mol. The molecule has 0 aliphatic carbocycles. The maximum absolute atomic E-state index is 5.45. The summed E-state index contributed by atoms with van der Waals surface area (Å²) in [7, 11) is 0. The van der Waals surface area contributed by atoms with E-state index < -0.39 is 0 Å². The molecule has 0 bridgehead atoms. The van der Waals surface area contributed by atoms with Crippen LogP contribution in [0.15, 0.2) is 47.0 Å². The average molecular weight is 265 g/mol.